The van der Waals surface area contributed by atoms with Crippen LogP contribution in [0.4, 0.5) is 0 Å². The molecular weight excluding hydrogens is 320 g/mol. The van der Waals surface area contributed by atoms with Gasteiger partial charge in [0.25, 0.3) is 5.91 Å². The monoisotopic (exact) mass is 332 g/mol. The summed E-state index contributed by atoms with van der Waals surface area (Å²) in [6.07, 6.45) is 1.59. The summed E-state index contributed by atoms with van der Waals surface area (Å²) in [6.45, 7) is 0. The average Bonchev–Trinajstić information content (AvgIpc) is 2.98. The second kappa shape index (κ2) is 5.85. The fourth-order valence-corrected chi connectivity index (χ4v) is 2.25. The Labute approximate surface area is 136 Å². The van der Waals surface area contributed by atoms with Crippen molar-refractivity contribution in [3.63, 3.8) is 0 Å². The second-order valence-electron chi connectivity index (χ2n) is 4.96. The maximum atomic E-state index is 12.0. The van der Waals surface area contributed by atoms with Gasteiger partial charge >= 0.3 is 0 Å². The Hall–Kier alpha value is -2.67. The number of amides is 1. The zero-order valence-electron chi connectivity index (χ0n) is 12.7. The molecule has 0 aliphatic rings. The van der Waals surface area contributed by atoms with E-state index in [2.05, 4.69) is 15.2 Å². The fourth-order valence-electron chi connectivity index (χ4n) is 2.06. The summed E-state index contributed by atoms with van der Waals surface area (Å²) in [5.74, 6) is 0.519. The number of nitrogens with zero attached hydrogens (tertiary/aromatic N) is 4. The van der Waals surface area contributed by atoms with E-state index in [9.17, 15) is 4.79 Å². The quantitative estimate of drug-likeness (QED) is 0.733. The maximum absolute atomic E-state index is 12.0. The van der Waals surface area contributed by atoms with Crippen LogP contribution >= 0.6 is 11.6 Å². The van der Waals surface area contributed by atoms with Gasteiger partial charge in [0.2, 0.25) is 0 Å². The van der Waals surface area contributed by atoms with Crippen LogP contribution < -0.4 is 4.74 Å². The van der Waals surface area contributed by atoms with Crippen LogP contribution in [0.15, 0.2) is 28.8 Å². The van der Waals surface area contributed by atoms with Crippen LogP contribution in [0, 0.1) is 0 Å². The number of hydrogen-bond acceptors (Lipinski definition) is 6. The van der Waals surface area contributed by atoms with Gasteiger partial charge in [0.15, 0.2) is 28.5 Å². The molecule has 0 N–H and O–H groups in total. The lowest BCUT2D eigenvalue weighted by Crippen LogP contribution is -2.23. The van der Waals surface area contributed by atoms with Gasteiger partial charge in [-0.1, -0.05) is 11.6 Å². The number of ether oxygens (including phenoxy) is 1. The first-order valence-electron chi connectivity index (χ1n) is 6.69. The van der Waals surface area contributed by atoms with Gasteiger partial charge in [0, 0.05) is 32.4 Å². The third kappa shape index (κ3) is 2.70. The number of carbonyl (C=O) groups is 1. The highest BCUT2D eigenvalue weighted by molar-refractivity contribution is 6.34. The molecule has 8 heteroatoms. The van der Waals surface area contributed by atoms with Gasteiger partial charge in [-0.05, 0) is 6.07 Å². The molecular formula is C15H13ClN4O3. The summed E-state index contributed by atoms with van der Waals surface area (Å²) < 4.78 is 11.0. The molecule has 118 valence electrons. The molecule has 0 unspecified atom stereocenters. The Morgan fingerprint density at radius 3 is 2.74 bits per heavy atom. The summed E-state index contributed by atoms with van der Waals surface area (Å²) >= 11 is 6.08. The molecule has 0 bridgehead atoms. The molecule has 0 aliphatic carbocycles. The maximum Gasteiger partial charge on any atom is 0.273 e. The number of rotatable bonds is 3. The minimum absolute atomic E-state index is 0.183. The molecule has 0 aliphatic heterocycles. The van der Waals surface area contributed by atoms with Gasteiger partial charge in [-0.3, -0.25) is 9.78 Å². The number of aromatic nitrogens is 3. The minimum Gasteiger partial charge on any atom is -0.494 e. The third-order valence-corrected chi connectivity index (χ3v) is 3.50. The van der Waals surface area contributed by atoms with Crippen LogP contribution in [0.5, 0.6) is 5.75 Å². The first-order chi connectivity index (χ1) is 11.0. The predicted octanol–water partition coefficient (Wildman–Crippen LogP) is 2.65. The van der Waals surface area contributed by atoms with Gasteiger partial charge < -0.3 is 14.1 Å². The van der Waals surface area contributed by atoms with E-state index < -0.39 is 0 Å². The molecule has 23 heavy (non-hydrogen) atoms. The van der Waals surface area contributed by atoms with Crippen molar-refractivity contribution in [1.29, 1.82) is 0 Å². The molecule has 0 radical (unpaired) electrons. The van der Waals surface area contributed by atoms with E-state index in [0.29, 0.717) is 33.3 Å². The van der Waals surface area contributed by atoms with Crippen molar-refractivity contribution in [2.24, 2.45) is 0 Å². The molecule has 0 spiro atoms. The van der Waals surface area contributed by atoms with E-state index in [4.69, 9.17) is 20.8 Å². The standard InChI is InChI=1S/C15H13ClN4O3/c1-20(2)15(21)10-7-11(22-3)13(19-18-10)12-6-9-14(23-12)8(16)4-5-17-9/h4-7H,1-3H3. The van der Waals surface area contributed by atoms with Crippen LogP contribution in [-0.4, -0.2) is 47.2 Å². The van der Waals surface area contributed by atoms with E-state index in [0.717, 1.165) is 0 Å². The Bertz CT molecular complexity index is 892. The van der Waals surface area contributed by atoms with Gasteiger partial charge in [-0.15, -0.1) is 10.2 Å². The molecule has 0 saturated heterocycles. The summed E-state index contributed by atoms with van der Waals surface area (Å²) in [4.78, 5) is 17.6. The van der Waals surface area contributed by atoms with Crippen LogP contribution in [0.3, 0.4) is 0 Å². The topological polar surface area (TPSA) is 81.4 Å². The molecule has 0 atom stereocenters. The van der Waals surface area contributed by atoms with Gasteiger partial charge in [-0.2, -0.15) is 0 Å². The second-order valence-corrected chi connectivity index (χ2v) is 5.37. The fraction of sp³-hybridized carbons (Fsp3) is 0.200. The van der Waals surface area contributed by atoms with Crippen molar-refractivity contribution in [2.45, 2.75) is 0 Å². The number of carbonyl (C=O) groups excluding carboxylic acids is 1. The highest BCUT2D eigenvalue weighted by Gasteiger charge is 2.19. The van der Waals surface area contributed by atoms with Crippen LogP contribution in [0.2, 0.25) is 5.02 Å². The summed E-state index contributed by atoms with van der Waals surface area (Å²) in [5, 5.41) is 8.46. The van der Waals surface area contributed by atoms with E-state index in [1.165, 1.54) is 18.1 Å². The average molecular weight is 333 g/mol. The van der Waals surface area contributed by atoms with Crippen LogP contribution in [-0.2, 0) is 0 Å². The van der Waals surface area contributed by atoms with Crippen molar-refractivity contribution in [3.8, 4) is 17.2 Å². The molecule has 0 aromatic carbocycles. The molecule has 3 heterocycles. The lowest BCUT2D eigenvalue weighted by molar-refractivity contribution is 0.0820. The van der Waals surface area contributed by atoms with Crippen molar-refractivity contribution in [2.75, 3.05) is 21.2 Å². The number of pyridine rings is 1. The normalized spacial score (nSPS) is 10.8. The molecule has 0 saturated carbocycles. The molecule has 3 rings (SSSR count). The Morgan fingerprint density at radius 2 is 2.09 bits per heavy atom. The number of halogens is 1. The number of hydrogen-bond donors (Lipinski definition) is 0. The summed E-state index contributed by atoms with van der Waals surface area (Å²) in [7, 11) is 4.76. The predicted molar refractivity (Wildman–Crippen MR) is 84.6 cm³/mol. The number of furan rings is 1. The van der Waals surface area contributed by atoms with Crippen molar-refractivity contribution < 1.29 is 13.9 Å². The smallest absolute Gasteiger partial charge is 0.273 e. The first kappa shape index (κ1) is 15.2. The number of fused-ring (bicyclic) bond motifs is 1. The molecule has 3 aromatic heterocycles. The molecule has 1 amide bonds. The van der Waals surface area contributed by atoms with Crippen molar-refractivity contribution in [1.82, 2.24) is 20.1 Å². The summed E-state index contributed by atoms with van der Waals surface area (Å²) in [5.41, 5.74) is 1.62. The van der Waals surface area contributed by atoms with Crippen LogP contribution in [0.1, 0.15) is 10.5 Å². The van der Waals surface area contributed by atoms with Gasteiger partial charge in [0.1, 0.15) is 5.52 Å². The Kier molecular flexibility index (Phi) is 3.87. The van der Waals surface area contributed by atoms with Gasteiger partial charge in [0.05, 0.1) is 12.1 Å². The van der Waals surface area contributed by atoms with E-state index in [1.54, 1.807) is 32.4 Å². The van der Waals surface area contributed by atoms with Crippen LogP contribution in [0.25, 0.3) is 22.6 Å². The Morgan fingerprint density at radius 1 is 1.30 bits per heavy atom. The highest BCUT2D eigenvalue weighted by Crippen LogP contribution is 2.34. The van der Waals surface area contributed by atoms with E-state index >= 15 is 0 Å². The first-order valence-corrected chi connectivity index (χ1v) is 7.07. The SMILES string of the molecule is COc1cc(C(=O)N(C)C)nnc1-c1cc2nccc(Cl)c2o1. The lowest BCUT2D eigenvalue weighted by atomic mass is 10.2. The van der Waals surface area contributed by atoms with Gasteiger partial charge in [-0.25, -0.2) is 0 Å². The van der Waals surface area contributed by atoms with E-state index in [1.807, 2.05) is 0 Å². The van der Waals surface area contributed by atoms with Crippen molar-refractivity contribution in [3.05, 3.63) is 35.1 Å². The third-order valence-electron chi connectivity index (χ3n) is 3.20. The molecule has 7 nitrogen and oxygen atoms in total. The zero-order chi connectivity index (χ0) is 16.6. The van der Waals surface area contributed by atoms with Crippen molar-refractivity contribution >= 4 is 28.6 Å². The number of methoxy groups -OCH3 is 1. The Balaban J connectivity index is 2.11. The zero-order valence-corrected chi connectivity index (χ0v) is 13.5. The lowest BCUT2D eigenvalue weighted by Gasteiger charge is -2.10. The molecule has 3 aromatic rings. The van der Waals surface area contributed by atoms with E-state index in [-0.39, 0.29) is 11.6 Å². The molecule has 0 fully saturated rings. The largest absolute Gasteiger partial charge is 0.494 e. The minimum atomic E-state index is -0.267. The highest BCUT2D eigenvalue weighted by atomic mass is 35.5. The summed E-state index contributed by atoms with van der Waals surface area (Å²) in [6, 6.07) is 4.85.